The van der Waals surface area contributed by atoms with Crippen LogP contribution in [0.5, 0.6) is 0 Å². The van der Waals surface area contributed by atoms with Gasteiger partial charge in [0.25, 0.3) is 0 Å². The molecule has 0 heterocycles. The zero-order valence-electron chi connectivity index (χ0n) is 16.8. The number of ketones is 2. The van der Waals surface area contributed by atoms with Gasteiger partial charge in [-0.2, -0.15) is 0 Å². The molecule has 28 heavy (non-hydrogen) atoms. The van der Waals surface area contributed by atoms with E-state index in [0.717, 1.165) is 57.3 Å². The Hall–Kier alpha value is -3.00. The molecule has 0 bridgehead atoms. The van der Waals surface area contributed by atoms with Crippen LogP contribution in [0.4, 0.5) is 0 Å². The number of carbonyl (C=O) groups is 2. The Morgan fingerprint density at radius 1 is 0.536 bits per heavy atom. The summed E-state index contributed by atoms with van der Waals surface area (Å²) in [4.78, 5) is 26.1. The average Bonchev–Trinajstić information content (AvgIpc) is 2.70. The smallest absolute Gasteiger partial charge is 0.193 e. The van der Waals surface area contributed by atoms with Gasteiger partial charge in [0, 0.05) is 22.3 Å². The van der Waals surface area contributed by atoms with Crippen molar-refractivity contribution in [2.24, 2.45) is 0 Å². The Balaban J connectivity index is 0.000000932. The van der Waals surface area contributed by atoms with Gasteiger partial charge in [0.05, 0.1) is 0 Å². The van der Waals surface area contributed by atoms with Crippen LogP contribution in [-0.2, 0) is 12.8 Å². The van der Waals surface area contributed by atoms with Crippen molar-refractivity contribution in [3.8, 4) is 0 Å². The van der Waals surface area contributed by atoms with Crippen LogP contribution in [0.15, 0.2) is 48.5 Å². The number of carbonyl (C=O) groups excluding carboxylic acids is 2. The summed E-state index contributed by atoms with van der Waals surface area (Å²) in [5, 5.41) is 0. The van der Waals surface area contributed by atoms with Crippen LogP contribution in [0.2, 0.25) is 0 Å². The normalized spacial score (nSPS) is 13.6. The SMILES string of the molecule is CC.Cc1ccc2c(c1)C(=O)c1cc3c(cc1C2)Cc1ccc(C)cc1C3=O. The first kappa shape index (κ1) is 18.4. The summed E-state index contributed by atoms with van der Waals surface area (Å²) >= 11 is 0. The van der Waals surface area contributed by atoms with Crippen LogP contribution in [0.25, 0.3) is 0 Å². The fourth-order valence-electron chi connectivity index (χ4n) is 4.22. The Labute approximate surface area is 166 Å². The van der Waals surface area contributed by atoms with Gasteiger partial charge in [-0.05, 0) is 67.1 Å². The Kier molecular flexibility index (Phi) is 4.50. The van der Waals surface area contributed by atoms with E-state index in [4.69, 9.17) is 0 Å². The zero-order chi connectivity index (χ0) is 20.0. The third-order valence-corrected chi connectivity index (χ3v) is 5.60. The molecule has 0 amide bonds. The highest BCUT2D eigenvalue weighted by Gasteiger charge is 2.29. The number of rotatable bonds is 0. The highest BCUT2D eigenvalue weighted by atomic mass is 16.1. The van der Waals surface area contributed by atoms with E-state index in [1.807, 2.05) is 58.0 Å². The molecule has 0 spiro atoms. The first-order valence-corrected chi connectivity index (χ1v) is 9.95. The van der Waals surface area contributed by atoms with Gasteiger partial charge in [-0.25, -0.2) is 0 Å². The molecule has 0 N–H and O–H groups in total. The van der Waals surface area contributed by atoms with Gasteiger partial charge in [-0.15, -0.1) is 0 Å². The first-order chi connectivity index (χ1) is 13.5. The van der Waals surface area contributed by atoms with Crippen LogP contribution in [0.3, 0.4) is 0 Å². The molecule has 0 aromatic heterocycles. The molecule has 2 nitrogen and oxygen atoms in total. The van der Waals surface area contributed by atoms with Gasteiger partial charge < -0.3 is 0 Å². The average molecular weight is 368 g/mol. The Morgan fingerprint density at radius 3 is 1.36 bits per heavy atom. The van der Waals surface area contributed by atoms with Gasteiger partial charge >= 0.3 is 0 Å². The third kappa shape index (κ3) is 2.80. The van der Waals surface area contributed by atoms with Gasteiger partial charge in [0.1, 0.15) is 0 Å². The minimum absolute atomic E-state index is 0.0376. The van der Waals surface area contributed by atoms with Crippen LogP contribution in [-0.4, -0.2) is 11.6 Å². The highest BCUT2D eigenvalue weighted by molar-refractivity contribution is 6.17. The molecule has 140 valence electrons. The Bertz CT molecular complexity index is 1050. The molecule has 0 saturated carbocycles. The van der Waals surface area contributed by atoms with Crippen LogP contribution < -0.4 is 0 Å². The first-order valence-electron chi connectivity index (χ1n) is 9.95. The molecule has 0 unspecified atom stereocenters. The van der Waals surface area contributed by atoms with Gasteiger partial charge in [0.15, 0.2) is 11.6 Å². The van der Waals surface area contributed by atoms with Crippen molar-refractivity contribution in [2.75, 3.05) is 0 Å². The fourth-order valence-corrected chi connectivity index (χ4v) is 4.22. The van der Waals surface area contributed by atoms with E-state index in [1.54, 1.807) is 0 Å². The van der Waals surface area contributed by atoms with Crippen molar-refractivity contribution < 1.29 is 9.59 Å². The molecule has 0 atom stereocenters. The molecular formula is C26H24O2. The fraction of sp³-hybridized carbons (Fsp3) is 0.231. The maximum absolute atomic E-state index is 13.0. The van der Waals surface area contributed by atoms with Crippen molar-refractivity contribution in [1.29, 1.82) is 0 Å². The van der Waals surface area contributed by atoms with Gasteiger partial charge in [-0.1, -0.05) is 55.3 Å². The molecule has 2 aliphatic rings. The molecule has 0 aliphatic heterocycles. The van der Waals surface area contributed by atoms with Crippen molar-refractivity contribution in [3.05, 3.63) is 104 Å². The topological polar surface area (TPSA) is 34.1 Å². The lowest BCUT2D eigenvalue weighted by Gasteiger charge is -2.24. The van der Waals surface area contributed by atoms with Gasteiger partial charge in [-0.3, -0.25) is 9.59 Å². The number of fused-ring (bicyclic) bond motifs is 4. The van der Waals surface area contributed by atoms with Crippen molar-refractivity contribution in [1.82, 2.24) is 0 Å². The van der Waals surface area contributed by atoms with E-state index in [9.17, 15) is 9.59 Å². The number of benzene rings is 3. The molecule has 2 aliphatic carbocycles. The molecule has 0 radical (unpaired) electrons. The van der Waals surface area contributed by atoms with Crippen LogP contribution >= 0.6 is 0 Å². The van der Waals surface area contributed by atoms with E-state index in [2.05, 4.69) is 18.2 Å². The maximum Gasteiger partial charge on any atom is 0.193 e. The second-order valence-corrected chi connectivity index (χ2v) is 7.50. The molecule has 3 aromatic carbocycles. The van der Waals surface area contributed by atoms with E-state index >= 15 is 0 Å². The number of hydrogen-bond acceptors (Lipinski definition) is 2. The van der Waals surface area contributed by atoms with E-state index in [1.165, 1.54) is 0 Å². The van der Waals surface area contributed by atoms with Crippen LogP contribution in [0.1, 0.15) is 79.1 Å². The minimum Gasteiger partial charge on any atom is -0.289 e. The predicted octanol–water partition coefficient (Wildman–Crippen LogP) is 5.60. The Morgan fingerprint density at radius 2 is 0.929 bits per heavy atom. The summed E-state index contributed by atoms with van der Waals surface area (Å²) in [6.07, 6.45) is 1.50. The molecule has 0 fully saturated rings. The lowest BCUT2D eigenvalue weighted by Crippen LogP contribution is -2.21. The van der Waals surface area contributed by atoms with Crippen molar-refractivity contribution in [2.45, 2.75) is 40.5 Å². The van der Waals surface area contributed by atoms with E-state index in [0.29, 0.717) is 11.1 Å². The lowest BCUT2D eigenvalue weighted by molar-refractivity contribution is 0.103. The van der Waals surface area contributed by atoms with E-state index < -0.39 is 0 Å². The zero-order valence-corrected chi connectivity index (χ0v) is 16.8. The summed E-state index contributed by atoms with van der Waals surface area (Å²) < 4.78 is 0. The monoisotopic (exact) mass is 368 g/mol. The summed E-state index contributed by atoms with van der Waals surface area (Å²) in [6.45, 7) is 8.00. The summed E-state index contributed by atoms with van der Waals surface area (Å²) in [6, 6.07) is 16.0. The minimum atomic E-state index is 0.0376. The van der Waals surface area contributed by atoms with Gasteiger partial charge in [0.2, 0.25) is 0 Å². The molecule has 3 aromatic rings. The molecular weight excluding hydrogens is 344 g/mol. The largest absolute Gasteiger partial charge is 0.289 e. The number of aryl methyl sites for hydroxylation is 2. The van der Waals surface area contributed by atoms with E-state index in [-0.39, 0.29) is 11.6 Å². The summed E-state index contributed by atoms with van der Waals surface area (Å²) in [5.41, 5.74) is 9.31. The predicted molar refractivity (Wildman–Crippen MR) is 113 cm³/mol. The third-order valence-electron chi connectivity index (χ3n) is 5.60. The summed E-state index contributed by atoms with van der Waals surface area (Å²) in [7, 11) is 0. The maximum atomic E-state index is 13.0. The summed E-state index contributed by atoms with van der Waals surface area (Å²) in [5.74, 6) is 0.0752. The molecule has 0 saturated heterocycles. The lowest BCUT2D eigenvalue weighted by atomic mass is 9.78. The van der Waals surface area contributed by atoms with Crippen molar-refractivity contribution >= 4 is 11.6 Å². The van der Waals surface area contributed by atoms with Crippen molar-refractivity contribution in [3.63, 3.8) is 0 Å². The quantitative estimate of drug-likeness (QED) is 0.356. The molecule has 5 rings (SSSR count). The standard InChI is InChI=1S/C24H18O2.C2H6/c1-13-3-5-15-9-17-11-18-10-16-6-4-14(2)8-20(16)24(26)22(18)12-21(17)23(25)19(15)7-13;1-2/h3-8,11-12H,9-10H2,1-2H3;1-2H3. The molecule has 2 heteroatoms. The van der Waals surface area contributed by atoms with Crippen LogP contribution in [0, 0.1) is 13.8 Å². The highest BCUT2D eigenvalue weighted by Crippen LogP contribution is 2.34. The second-order valence-electron chi connectivity index (χ2n) is 7.50. The number of hydrogen-bond donors (Lipinski definition) is 0. The second kappa shape index (κ2) is 6.87.